The van der Waals surface area contributed by atoms with Crippen LogP contribution in [0.25, 0.3) is 0 Å². The molecule has 2 aromatic carbocycles. The molecule has 2 aliphatic heterocycles. The molecule has 3 heterocycles. The average molecular weight is 414 g/mol. The fraction of sp³-hybridized carbons (Fsp3) is 0.308. The Labute approximate surface area is 182 Å². The molecule has 0 spiro atoms. The fourth-order valence-electron chi connectivity index (χ4n) is 4.79. The molecule has 5 nitrogen and oxygen atoms in total. The van der Waals surface area contributed by atoms with Gasteiger partial charge < -0.3 is 14.4 Å². The number of rotatable bonds is 4. The number of aryl methyl sites for hydroxylation is 1. The highest BCUT2D eigenvalue weighted by Crippen LogP contribution is 2.33. The fourth-order valence-corrected chi connectivity index (χ4v) is 4.79. The average Bonchev–Trinajstić information content (AvgIpc) is 3.42. The number of nitrogens with zero attached hydrogens (tertiary/aromatic N) is 3. The number of hydrogen-bond donors (Lipinski definition) is 0. The van der Waals surface area contributed by atoms with E-state index in [0.717, 1.165) is 44.8 Å². The van der Waals surface area contributed by atoms with Gasteiger partial charge in [0.15, 0.2) is 0 Å². The standard InChI is InChI=1S/C26H27N3O2/c1-19-7-9-21(10-8-19)27-15-17-28(18-16-27)26(31)22-13-14-29-23(22)11-12-24(29)25(30)20-5-3-2-4-6-20/h2-12,22H,13-18H2,1H3. The Balaban J connectivity index is 1.27. The van der Waals surface area contributed by atoms with Gasteiger partial charge >= 0.3 is 0 Å². The zero-order chi connectivity index (χ0) is 21.4. The first-order valence-electron chi connectivity index (χ1n) is 11.0. The van der Waals surface area contributed by atoms with Gasteiger partial charge in [0.25, 0.3) is 0 Å². The molecule has 0 saturated carbocycles. The lowest BCUT2D eigenvalue weighted by Gasteiger charge is -2.37. The molecule has 1 fully saturated rings. The van der Waals surface area contributed by atoms with Crippen molar-refractivity contribution >= 4 is 17.4 Å². The molecule has 5 rings (SSSR count). The second-order valence-corrected chi connectivity index (χ2v) is 8.48. The van der Waals surface area contributed by atoms with Crippen LogP contribution in [0.2, 0.25) is 0 Å². The van der Waals surface area contributed by atoms with Crippen molar-refractivity contribution in [3.8, 4) is 0 Å². The number of amides is 1. The summed E-state index contributed by atoms with van der Waals surface area (Å²) in [5.74, 6) is 0.0639. The van der Waals surface area contributed by atoms with Crippen molar-refractivity contribution in [2.45, 2.75) is 25.8 Å². The predicted molar refractivity (Wildman–Crippen MR) is 122 cm³/mol. The summed E-state index contributed by atoms with van der Waals surface area (Å²) < 4.78 is 2.04. The molecule has 0 bridgehead atoms. The Morgan fingerprint density at radius 2 is 1.52 bits per heavy atom. The summed E-state index contributed by atoms with van der Waals surface area (Å²) in [6, 6.07) is 21.8. The van der Waals surface area contributed by atoms with E-state index in [1.165, 1.54) is 11.3 Å². The summed E-state index contributed by atoms with van der Waals surface area (Å²) in [5.41, 5.74) is 4.82. The van der Waals surface area contributed by atoms with Crippen LogP contribution in [-0.4, -0.2) is 47.3 Å². The maximum atomic E-state index is 13.3. The van der Waals surface area contributed by atoms with E-state index >= 15 is 0 Å². The van der Waals surface area contributed by atoms with Gasteiger partial charge in [-0.2, -0.15) is 0 Å². The molecule has 3 aromatic rings. The summed E-state index contributed by atoms with van der Waals surface area (Å²) in [4.78, 5) is 30.6. The van der Waals surface area contributed by atoms with E-state index in [0.29, 0.717) is 11.3 Å². The van der Waals surface area contributed by atoms with Crippen molar-refractivity contribution < 1.29 is 9.59 Å². The van der Waals surface area contributed by atoms with Crippen molar-refractivity contribution in [1.29, 1.82) is 0 Å². The third-order valence-electron chi connectivity index (χ3n) is 6.57. The molecule has 158 valence electrons. The normalized spacial score (nSPS) is 18.2. The number of hydrogen-bond acceptors (Lipinski definition) is 3. The number of carbonyl (C=O) groups is 2. The van der Waals surface area contributed by atoms with Crippen LogP contribution in [-0.2, 0) is 11.3 Å². The summed E-state index contributed by atoms with van der Waals surface area (Å²) in [7, 11) is 0. The van der Waals surface area contributed by atoms with Gasteiger partial charge in [0.05, 0.1) is 11.6 Å². The largest absolute Gasteiger partial charge is 0.368 e. The number of carbonyl (C=O) groups excluding carboxylic acids is 2. The van der Waals surface area contributed by atoms with Crippen LogP contribution in [0, 0.1) is 6.92 Å². The number of benzene rings is 2. The van der Waals surface area contributed by atoms with E-state index in [2.05, 4.69) is 36.1 Å². The molecule has 1 saturated heterocycles. The molecule has 2 aliphatic rings. The SMILES string of the molecule is Cc1ccc(N2CCN(C(=O)C3CCn4c(C(=O)c5ccccc5)ccc43)CC2)cc1. The first-order valence-corrected chi connectivity index (χ1v) is 11.0. The van der Waals surface area contributed by atoms with Gasteiger partial charge in [-0.25, -0.2) is 0 Å². The van der Waals surface area contributed by atoms with Gasteiger partial charge in [0.1, 0.15) is 0 Å². The minimum absolute atomic E-state index is 0.0201. The zero-order valence-electron chi connectivity index (χ0n) is 17.8. The van der Waals surface area contributed by atoms with Crippen LogP contribution in [0.15, 0.2) is 66.7 Å². The number of piperazine rings is 1. The second kappa shape index (κ2) is 8.06. The number of aromatic nitrogens is 1. The van der Waals surface area contributed by atoms with Crippen LogP contribution in [0.5, 0.6) is 0 Å². The molecule has 31 heavy (non-hydrogen) atoms. The lowest BCUT2D eigenvalue weighted by molar-refractivity contribution is -0.133. The highest BCUT2D eigenvalue weighted by atomic mass is 16.2. The number of ketones is 1. The van der Waals surface area contributed by atoms with Gasteiger partial charge in [0, 0.05) is 49.7 Å². The third-order valence-corrected chi connectivity index (χ3v) is 6.57. The minimum Gasteiger partial charge on any atom is -0.368 e. The smallest absolute Gasteiger partial charge is 0.231 e. The maximum Gasteiger partial charge on any atom is 0.231 e. The van der Waals surface area contributed by atoms with Crippen molar-refractivity contribution in [3.05, 3.63) is 89.2 Å². The van der Waals surface area contributed by atoms with Crippen LogP contribution < -0.4 is 4.90 Å². The molecule has 0 N–H and O–H groups in total. The molecular weight excluding hydrogens is 386 g/mol. The van der Waals surface area contributed by atoms with Crippen LogP contribution in [0.3, 0.4) is 0 Å². The quantitative estimate of drug-likeness (QED) is 0.610. The molecular formula is C26H27N3O2. The van der Waals surface area contributed by atoms with Gasteiger partial charge in [-0.05, 0) is 37.6 Å². The molecule has 1 aromatic heterocycles. The van der Waals surface area contributed by atoms with Gasteiger partial charge in [0.2, 0.25) is 11.7 Å². The molecule has 0 aliphatic carbocycles. The lowest BCUT2D eigenvalue weighted by Crippen LogP contribution is -2.50. The Kier molecular flexibility index (Phi) is 5.10. The van der Waals surface area contributed by atoms with Crippen LogP contribution in [0.1, 0.15) is 39.6 Å². The Hall–Kier alpha value is -3.34. The van der Waals surface area contributed by atoms with E-state index in [-0.39, 0.29) is 17.6 Å². The number of fused-ring (bicyclic) bond motifs is 1. The highest BCUT2D eigenvalue weighted by Gasteiger charge is 2.35. The topological polar surface area (TPSA) is 45.5 Å². The third kappa shape index (κ3) is 3.65. The molecule has 5 heteroatoms. The highest BCUT2D eigenvalue weighted by molar-refractivity contribution is 6.08. The first-order chi connectivity index (χ1) is 15.1. The maximum absolute atomic E-state index is 13.3. The van der Waals surface area contributed by atoms with E-state index in [4.69, 9.17) is 0 Å². The van der Waals surface area contributed by atoms with Crippen molar-refractivity contribution in [2.75, 3.05) is 31.1 Å². The first kappa shape index (κ1) is 19.6. The molecule has 1 amide bonds. The number of anilines is 1. The van der Waals surface area contributed by atoms with E-state index < -0.39 is 0 Å². The Bertz CT molecular complexity index is 1090. The van der Waals surface area contributed by atoms with Crippen molar-refractivity contribution in [2.24, 2.45) is 0 Å². The van der Waals surface area contributed by atoms with E-state index in [1.807, 2.05) is 51.9 Å². The van der Waals surface area contributed by atoms with Crippen molar-refractivity contribution in [3.63, 3.8) is 0 Å². The van der Waals surface area contributed by atoms with Crippen molar-refractivity contribution in [1.82, 2.24) is 9.47 Å². The molecule has 0 radical (unpaired) electrons. The lowest BCUT2D eigenvalue weighted by atomic mass is 10.0. The van der Waals surface area contributed by atoms with Crippen LogP contribution >= 0.6 is 0 Å². The zero-order valence-corrected chi connectivity index (χ0v) is 17.8. The molecule has 1 atom stereocenters. The Morgan fingerprint density at radius 3 is 2.23 bits per heavy atom. The summed E-state index contributed by atoms with van der Waals surface area (Å²) in [6.07, 6.45) is 0.766. The van der Waals surface area contributed by atoms with Gasteiger partial charge in [-0.1, -0.05) is 48.0 Å². The second-order valence-electron chi connectivity index (χ2n) is 8.48. The van der Waals surface area contributed by atoms with Gasteiger partial charge in [-0.15, -0.1) is 0 Å². The monoisotopic (exact) mass is 413 g/mol. The predicted octanol–water partition coefficient (Wildman–Crippen LogP) is 3.86. The summed E-state index contributed by atoms with van der Waals surface area (Å²) >= 11 is 0. The molecule has 1 unspecified atom stereocenters. The van der Waals surface area contributed by atoms with Gasteiger partial charge in [-0.3, -0.25) is 9.59 Å². The van der Waals surface area contributed by atoms with Crippen LogP contribution in [0.4, 0.5) is 5.69 Å². The minimum atomic E-state index is -0.150. The van der Waals surface area contributed by atoms with E-state index in [9.17, 15) is 9.59 Å². The summed E-state index contributed by atoms with van der Waals surface area (Å²) in [6.45, 7) is 5.98. The Morgan fingerprint density at radius 1 is 0.806 bits per heavy atom. The van der Waals surface area contributed by atoms with E-state index in [1.54, 1.807) is 0 Å². The summed E-state index contributed by atoms with van der Waals surface area (Å²) in [5, 5.41) is 0.